The van der Waals surface area contributed by atoms with Gasteiger partial charge in [-0.2, -0.15) is 0 Å². The molecule has 0 heterocycles. The smallest absolute Gasteiger partial charge is 0.0698 e. The summed E-state index contributed by atoms with van der Waals surface area (Å²) in [6.07, 6.45) is 8.59. The van der Waals surface area contributed by atoms with Crippen LogP contribution in [0, 0.1) is 11.8 Å². The normalized spacial score (nSPS) is 23.8. The zero-order valence-corrected chi connectivity index (χ0v) is 10.1. The maximum absolute atomic E-state index is 10.7. The average molecular weight is 198 g/mol. The van der Waals surface area contributed by atoms with E-state index in [1.54, 1.807) is 0 Å². The zero-order valence-electron chi connectivity index (χ0n) is 10.1. The van der Waals surface area contributed by atoms with Crippen molar-refractivity contribution in [2.24, 2.45) is 11.8 Å². The van der Waals surface area contributed by atoms with Crippen molar-refractivity contribution in [3.05, 3.63) is 0 Å². The number of rotatable bonds is 4. The lowest BCUT2D eigenvalue weighted by Crippen LogP contribution is -2.43. The molecule has 0 aliphatic heterocycles. The van der Waals surface area contributed by atoms with E-state index in [1.165, 1.54) is 32.1 Å². The molecule has 0 saturated heterocycles. The van der Waals surface area contributed by atoms with Crippen LogP contribution >= 0.6 is 0 Å². The predicted molar refractivity (Wildman–Crippen MR) is 61.3 cm³/mol. The van der Waals surface area contributed by atoms with Gasteiger partial charge in [0, 0.05) is 0 Å². The molecule has 0 amide bonds. The summed E-state index contributed by atoms with van der Waals surface area (Å²) in [6.45, 7) is 6.52. The molecule has 0 aromatic rings. The van der Waals surface area contributed by atoms with Crippen LogP contribution in [0.1, 0.15) is 65.7 Å². The van der Waals surface area contributed by atoms with Gasteiger partial charge < -0.3 is 5.11 Å². The van der Waals surface area contributed by atoms with E-state index in [9.17, 15) is 5.11 Å². The maximum atomic E-state index is 10.7. The van der Waals surface area contributed by atoms with Gasteiger partial charge in [-0.15, -0.1) is 0 Å². The first-order valence-electron chi connectivity index (χ1n) is 6.33. The van der Waals surface area contributed by atoms with Crippen molar-refractivity contribution in [3.8, 4) is 0 Å². The first-order chi connectivity index (χ1) is 6.61. The van der Waals surface area contributed by atoms with Gasteiger partial charge in [0.1, 0.15) is 0 Å². The Hall–Kier alpha value is -0.0400. The number of hydrogen-bond donors (Lipinski definition) is 1. The molecule has 14 heavy (non-hydrogen) atoms. The summed E-state index contributed by atoms with van der Waals surface area (Å²) in [5.41, 5.74) is -0.380. The van der Waals surface area contributed by atoms with Crippen molar-refractivity contribution in [2.75, 3.05) is 0 Å². The third-order valence-electron chi connectivity index (χ3n) is 3.96. The Morgan fingerprint density at radius 2 is 1.79 bits per heavy atom. The topological polar surface area (TPSA) is 20.2 Å². The fraction of sp³-hybridized carbons (Fsp3) is 1.00. The summed E-state index contributed by atoms with van der Waals surface area (Å²) >= 11 is 0. The first-order valence-corrected chi connectivity index (χ1v) is 6.33. The van der Waals surface area contributed by atoms with Gasteiger partial charge in [0.05, 0.1) is 5.60 Å². The molecule has 0 aromatic carbocycles. The van der Waals surface area contributed by atoms with E-state index in [2.05, 4.69) is 20.8 Å². The minimum absolute atomic E-state index is 0.380. The second-order valence-electron chi connectivity index (χ2n) is 5.23. The molecular weight excluding hydrogens is 172 g/mol. The van der Waals surface area contributed by atoms with Crippen LogP contribution in [-0.4, -0.2) is 10.7 Å². The molecule has 84 valence electrons. The van der Waals surface area contributed by atoms with Gasteiger partial charge in [0.25, 0.3) is 0 Å². The minimum Gasteiger partial charge on any atom is -0.389 e. The zero-order chi connectivity index (χ0) is 10.6. The first kappa shape index (κ1) is 12.0. The highest BCUT2D eigenvalue weighted by molar-refractivity contribution is 4.90. The molecule has 1 fully saturated rings. The molecule has 0 aromatic heterocycles. The Kier molecular flexibility index (Phi) is 4.43. The fourth-order valence-corrected chi connectivity index (χ4v) is 2.97. The van der Waals surface area contributed by atoms with Crippen LogP contribution in [0.2, 0.25) is 0 Å². The van der Waals surface area contributed by atoms with E-state index >= 15 is 0 Å². The van der Waals surface area contributed by atoms with E-state index in [0.29, 0.717) is 11.8 Å². The van der Waals surface area contributed by atoms with Crippen molar-refractivity contribution < 1.29 is 5.11 Å². The van der Waals surface area contributed by atoms with E-state index in [0.717, 1.165) is 12.8 Å². The summed E-state index contributed by atoms with van der Waals surface area (Å²) in [5.74, 6) is 0.974. The largest absolute Gasteiger partial charge is 0.389 e. The summed E-state index contributed by atoms with van der Waals surface area (Å²) in [6, 6.07) is 0. The van der Waals surface area contributed by atoms with Gasteiger partial charge in [-0.1, -0.05) is 46.5 Å². The van der Waals surface area contributed by atoms with E-state index in [-0.39, 0.29) is 5.60 Å². The summed E-state index contributed by atoms with van der Waals surface area (Å²) < 4.78 is 0. The molecule has 1 N–H and O–H groups in total. The Balaban J connectivity index is 2.64. The van der Waals surface area contributed by atoms with Crippen molar-refractivity contribution in [2.45, 2.75) is 71.3 Å². The van der Waals surface area contributed by atoms with Gasteiger partial charge in [-0.05, 0) is 31.1 Å². The van der Waals surface area contributed by atoms with Crippen molar-refractivity contribution in [1.82, 2.24) is 0 Å². The molecular formula is C13H26O. The molecule has 1 nitrogen and oxygen atoms in total. The molecule has 1 saturated carbocycles. The monoisotopic (exact) mass is 198 g/mol. The summed E-state index contributed by atoms with van der Waals surface area (Å²) in [5, 5.41) is 10.7. The second kappa shape index (κ2) is 5.16. The van der Waals surface area contributed by atoms with E-state index in [4.69, 9.17) is 0 Å². The van der Waals surface area contributed by atoms with Gasteiger partial charge >= 0.3 is 0 Å². The molecule has 1 atom stereocenters. The number of hydrogen-bond acceptors (Lipinski definition) is 1. The van der Waals surface area contributed by atoms with Crippen LogP contribution in [0.5, 0.6) is 0 Å². The Morgan fingerprint density at radius 3 is 2.21 bits per heavy atom. The van der Waals surface area contributed by atoms with E-state index in [1.807, 2.05) is 0 Å². The third kappa shape index (κ3) is 2.50. The summed E-state index contributed by atoms with van der Waals surface area (Å²) in [4.78, 5) is 0. The van der Waals surface area contributed by atoms with Crippen molar-refractivity contribution >= 4 is 0 Å². The van der Waals surface area contributed by atoms with Crippen LogP contribution < -0.4 is 0 Å². The highest BCUT2D eigenvalue weighted by atomic mass is 16.3. The van der Waals surface area contributed by atoms with Crippen LogP contribution in [0.3, 0.4) is 0 Å². The van der Waals surface area contributed by atoms with Crippen LogP contribution in [0.4, 0.5) is 0 Å². The molecule has 0 radical (unpaired) electrons. The quantitative estimate of drug-likeness (QED) is 0.729. The highest BCUT2D eigenvalue weighted by Crippen LogP contribution is 2.39. The van der Waals surface area contributed by atoms with Gasteiger partial charge in [0.15, 0.2) is 0 Å². The average Bonchev–Trinajstić information content (AvgIpc) is 2.19. The predicted octanol–water partition coefficient (Wildman–Crippen LogP) is 3.75. The second-order valence-corrected chi connectivity index (χ2v) is 5.23. The van der Waals surface area contributed by atoms with Crippen molar-refractivity contribution in [1.29, 1.82) is 0 Å². The Bertz CT molecular complexity index is 159. The lowest BCUT2D eigenvalue weighted by Gasteiger charge is -2.41. The molecule has 1 unspecified atom stereocenters. The standard InChI is InChI=1S/C13H26O/c1-4-10-13(14,11(2)3)12-8-6-5-7-9-12/h11-12,14H,4-10H2,1-3H3. The van der Waals surface area contributed by atoms with Crippen LogP contribution in [-0.2, 0) is 0 Å². The molecule has 1 aliphatic carbocycles. The Morgan fingerprint density at radius 1 is 1.21 bits per heavy atom. The van der Waals surface area contributed by atoms with Gasteiger partial charge in [-0.3, -0.25) is 0 Å². The highest BCUT2D eigenvalue weighted by Gasteiger charge is 2.38. The Labute approximate surface area is 88.9 Å². The summed E-state index contributed by atoms with van der Waals surface area (Å²) in [7, 11) is 0. The number of aliphatic hydroxyl groups is 1. The van der Waals surface area contributed by atoms with E-state index < -0.39 is 0 Å². The van der Waals surface area contributed by atoms with Gasteiger partial charge in [-0.25, -0.2) is 0 Å². The van der Waals surface area contributed by atoms with Gasteiger partial charge in [0.2, 0.25) is 0 Å². The molecule has 1 rings (SSSR count). The lowest BCUT2D eigenvalue weighted by molar-refractivity contribution is -0.0774. The molecule has 1 heteroatoms. The lowest BCUT2D eigenvalue weighted by atomic mass is 9.69. The van der Waals surface area contributed by atoms with Crippen molar-refractivity contribution in [3.63, 3.8) is 0 Å². The van der Waals surface area contributed by atoms with Crippen LogP contribution in [0.25, 0.3) is 0 Å². The SMILES string of the molecule is CCCC(O)(C(C)C)C1CCCCC1. The fourth-order valence-electron chi connectivity index (χ4n) is 2.97. The third-order valence-corrected chi connectivity index (χ3v) is 3.96. The minimum atomic E-state index is -0.380. The van der Waals surface area contributed by atoms with Crippen LogP contribution in [0.15, 0.2) is 0 Å². The molecule has 1 aliphatic rings. The maximum Gasteiger partial charge on any atom is 0.0698 e. The molecule has 0 bridgehead atoms. The molecule has 0 spiro atoms.